The zero-order valence-corrected chi connectivity index (χ0v) is 22.2. The van der Waals surface area contributed by atoms with Crippen LogP contribution in [0.15, 0.2) is 71.6 Å². The van der Waals surface area contributed by atoms with Crippen LogP contribution in [0.3, 0.4) is 0 Å². The SMILES string of the molecule is COc1cc(Nc2nc3ccccc3nc2NS(=O)(=O)c2cccc(N(CC(N)=O)C(C)=O)c2)cc(OC)c1. The van der Waals surface area contributed by atoms with Crippen LogP contribution < -0.4 is 30.1 Å². The van der Waals surface area contributed by atoms with Gasteiger partial charge in [-0.15, -0.1) is 0 Å². The lowest BCUT2D eigenvalue weighted by Gasteiger charge is -2.20. The predicted octanol–water partition coefficient (Wildman–Crippen LogP) is 3.03. The first-order valence-electron chi connectivity index (χ1n) is 11.6. The molecule has 0 saturated carbocycles. The number of ether oxygens (including phenoxy) is 2. The number of nitrogens with zero attached hydrogens (tertiary/aromatic N) is 3. The molecule has 0 unspecified atom stereocenters. The predicted molar refractivity (Wildman–Crippen MR) is 147 cm³/mol. The monoisotopic (exact) mass is 550 g/mol. The quantitative estimate of drug-likeness (QED) is 0.269. The van der Waals surface area contributed by atoms with Crippen molar-refractivity contribution in [2.75, 3.05) is 35.7 Å². The van der Waals surface area contributed by atoms with Crippen LogP contribution in [0.25, 0.3) is 11.0 Å². The summed E-state index contributed by atoms with van der Waals surface area (Å²) < 4.78 is 40.1. The van der Waals surface area contributed by atoms with Gasteiger partial charge in [0.05, 0.1) is 30.1 Å². The highest BCUT2D eigenvalue weighted by molar-refractivity contribution is 7.92. The fourth-order valence-electron chi connectivity index (χ4n) is 3.72. The molecule has 0 spiro atoms. The van der Waals surface area contributed by atoms with Gasteiger partial charge in [0.25, 0.3) is 10.0 Å². The fourth-order valence-corrected chi connectivity index (χ4v) is 4.77. The highest BCUT2D eigenvalue weighted by Gasteiger charge is 2.22. The summed E-state index contributed by atoms with van der Waals surface area (Å²) in [5.74, 6) is -0.139. The van der Waals surface area contributed by atoms with Crippen LogP contribution in [0.5, 0.6) is 11.5 Å². The number of para-hydroxylation sites is 2. The summed E-state index contributed by atoms with van der Waals surface area (Å²) in [6.07, 6.45) is 0. The van der Waals surface area contributed by atoms with Crippen LogP contribution in [0.4, 0.5) is 23.0 Å². The normalized spacial score (nSPS) is 11.1. The number of hydrogen-bond acceptors (Lipinski definition) is 9. The van der Waals surface area contributed by atoms with Gasteiger partial charge in [0.15, 0.2) is 11.6 Å². The Kier molecular flexibility index (Phi) is 7.81. The van der Waals surface area contributed by atoms with Crippen molar-refractivity contribution in [2.24, 2.45) is 5.73 Å². The molecule has 0 aliphatic heterocycles. The highest BCUT2D eigenvalue weighted by atomic mass is 32.2. The molecule has 3 aromatic carbocycles. The fraction of sp³-hybridized carbons (Fsp3) is 0.154. The summed E-state index contributed by atoms with van der Waals surface area (Å²) in [5.41, 5.74) is 6.95. The zero-order valence-electron chi connectivity index (χ0n) is 21.3. The van der Waals surface area contributed by atoms with Gasteiger partial charge in [-0.25, -0.2) is 18.4 Å². The van der Waals surface area contributed by atoms with Crippen molar-refractivity contribution >= 4 is 55.9 Å². The average Bonchev–Trinajstić information content (AvgIpc) is 2.91. The Balaban J connectivity index is 1.75. The summed E-state index contributed by atoms with van der Waals surface area (Å²) >= 11 is 0. The molecule has 0 radical (unpaired) electrons. The molecule has 1 aromatic heterocycles. The van der Waals surface area contributed by atoms with Crippen molar-refractivity contribution in [3.8, 4) is 11.5 Å². The number of carbonyl (C=O) groups is 2. The minimum atomic E-state index is -4.23. The van der Waals surface area contributed by atoms with E-state index in [9.17, 15) is 18.0 Å². The third-order valence-electron chi connectivity index (χ3n) is 5.55. The van der Waals surface area contributed by atoms with Crippen molar-refractivity contribution in [3.05, 3.63) is 66.7 Å². The van der Waals surface area contributed by atoms with E-state index in [0.717, 1.165) is 4.90 Å². The van der Waals surface area contributed by atoms with E-state index in [1.807, 2.05) is 0 Å². The minimum absolute atomic E-state index is 0.0681. The van der Waals surface area contributed by atoms with Gasteiger partial charge in [-0.1, -0.05) is 18.2 Å². The molecule has 0 saturated heterocycles. The molecule has 4 N–H and O–H groups in total. The van der Waals surface area contributed by atoms with Crippen molar-refractivity contribution in [3.63, 3.8) is 0 Å². The van der Waals surface area contributed by atoms with E-state index in [1.165, 1.54) is 45.4 Å². The van der Waals surface area contributed by atoms with Crippen LogP contribution in [0, 0.1) is 0 Å². The lowest BCUT2D eigenvalue weighted by atomic mass is 10.2. The van der Waals surface area contributed by atoms with Gasteiger partial charge >= 0.3 is 0 Å². The van der Waals surface area contributed by atoms with Gasteiger partial charge in [0, 0.05) is 36.5 Å². The number of methoxy groups -OCH3 is 2. The molecule has 12 nitrogen and oxygen atoms in total. The molecule has 39 heavy (non-hydrogen) atoms. The Labute approximate surface area is 224 Å². The minimum Gasteiger partial charge on any atom is -0.497 e. The van der Waals surface area contributed by atoms with Crippen molar-refractivity contribution < 1.29 is 27.5 Å². The van der Waals surface area contributed by atoms with Gasteiger partial charge in [-0.3, -0.25) is 14.3 Å². The van der Waals surface area contributed by atoms with Gasteiger partial charge < -0.3 is 25.4 Å². The summed E-state index contributed by atoms with van der Waals surface area (Å²) in [7, 11) is -1.20. The number of benzene rings is 3. The van der Waals surface area contributed by atoms with Gasteiger partial charge in [-0.05, 0) is 30.3 Å². The Morgan fingerprint density at radius 2 is 1.51 bits per heavy atom. The smallest absolute Gasteiger partial charge is 0.263 e. The van der Waals surface area contributed by atoms with E-state index in [1.54, 1.807) is 42.5 Å². The van der Waals surface area contributed by atoms with Crippen LogP contribution in [0.1, 0.15) is 6.92 Å². The zero-order chi connectivity index (χ0) is 28.2. The van der Waals surface area contributed by atoms with E-state index >= 15 is 0 Å². The number of anilines is 4. The summed E-state index contributed by atoms with van der Waals surface area (Å²) in [4.78, 5) is 33.5. The van der Waals surface area contributed by atoms with E-state index in [-0.39, 0.29) is 22.2 Å². The average molecular weight is 551 g/mol. The molecule has 0 aliphatic rings. The number of aromatic nitrogens is 2. The first-order chi connectivity index (χ1) is 18.6. The number of sulfonamides is 1. The maximum absolute atomic E-state index is 13.5. The van der Waals surface area contributed by atoms with E-state index < -0.39 is 28.4 Å². The molecule has 202 valence electrons. The second-order valence-electron chi connectivity index (χ2n) is 8.31. The molecule has 0 bridgehead atoms. The van der Waals surface area contributed by atoms with Crippen molar-refractivity contribution in [1.82, 2.24) is 9.97 Å². The molecular formula is C26H26N6O6S. The Morgan fingerprint density at radius 3 is 2.08 bits per heavy atom. The molecule has 0 aliphatic carbocycles. The number of primary amides is 1. The second kappa shape index (κ2) is 11.2. The standard InChI is InChI=1S/C26H26N6O6S/c1-16(33)32(15-24(27)34)18-7-6-8-21(13-18)39(35,36)31-26-25(29-22-9-4-5-10-23(22)30-26)28-17-11-19(37-2)14-20(12-17)38-3/h4-14H,15H2,1-3H3,(H2,27,34)(H,28,29)(H,30,31). The second-order valence-corrected chi connectivity index (χ2v) is 9.99. The molecule has 2 amide bonds. The third kappa shape index (κ3) is 6.33. The number of nitrogens with two attached hydrogens (primary N) is 1. The summed E-state index contributed by atoms with van der Waals surface area (Å²) in [6.45, 7) is 0.846. The molecule has 0 atom stereocenters. The van der Waals surface area contributed by atoms with E-state index in [4.69, 9.17) is 15.2 Å². The largest absolute Gasteiger partial charge is 0.497 e. The van der Waals surface area contributed by atoms with Crippen molar-refractivity contribution in [1.29, 1.82) is 0 Å². The number of nitrogens with one attached hydrogen (secondary N) is 2. The summed E-state index contributed by atoms with van der Waals surface area (Å²) in [5, 5.41) is 3.09. The number of rotatable bonds is 10. The van der Waals surface area contributed by atoms with E-state index in [2.05, 4.69) is 20.0 Å². The molecule has 4 aromatic rings. The molecule has 13 heteroatoms. The Bertz CT molecular complexity index is 1640. The third-order valence-corrected chi connectivity index (χ3v) is 6.89. The highest BCUT2D eigenvalue weighted by Crippen LogP contribution is 2.32. The Hall–Kier alpha value is -4.91. The van der Waals surface area contributed by atoms with Gasteiger partial charge in [0.2, 0.25) is 11.8 Å². The molecule has 0 fully saturated rings. The Morgan fingerprint density at radius 1 is 0.897 bits per heavy atom. The number of amides is 2. The number of carbonyl (C=O) groups excluding carboxylic acids is 2. The lowest BCUT2D eigenvalue weighted by molar-refractivity contribution is -0.121. The van der Waals surface area contributed by atoms with Crippen LogP contribution in [-0.2, 0) is 19.6 Å². The lowest BCUT2D eigenvalue weighted by Crippen LogP contribution is -2.37. The first kappa shape index (κ1) is 27.1. The van der Waals surface area contributed by atoms with Crippen molar-refractivity contribution in [2.45, 2.75) is 11.8 Å². The van der Waals surface area contributed by atoms with E-state index in [0.29, 0.717) is 28.2 Å². The van der Waals surface area contributed by atoms with Crippen LogP contribution >= 0.6 is 0 Å². The van der Waals surface area contributed by atoms with Gasteiger partial charge in [-0.2, -0.15) is 0 Å². The summed E-state index contributed by atoms with van der Waals surface area (Å²) in [6, 6.07) is 17.6. The van der Waals surface area contributed by atoms with Gasteiger partial charge in [0.1, 0.15) is 18.0 Å². The maximum atomic E-state index is 13.5. The molecular weight excluding hydrogens is 524 g/mol. The first-order valence-corrected chi connectivity index (χ1v) is 13.0. The number of hydrogen-bond donors (Lipinski definition) is 3. The van der Waals surface area contributed by atoms with Crippen LogP contribution in [-0.4, -0.2) is 51.0 Å². The number of fused-ring (bicyclic) bond motifs is 1. The molecule has 1 heterocycles. The topological polar surface area (TPSA) is 166 Å². The maximum Gasteiger partial charge on any atom is 0.263 e. The van der Waals surface area contributed by atoms with Crippen LogP contribution in [0.2, 0.25) is 0 Å². The molecule has 4 rings (SSSR count).